The second-order valence-electron chi connectivity index (χ2n) is 4.63. The Kier molecular flexibility index (Phi) is 4.50. The molecule has 9 nitrogen and oxygen atoms in total. The third kappa shape index (κ3) is 3.79. The van der Waals surface area contributed by atoms with E-state index in [1.807, 2.05) is 0 Å². The first kappa shape index (κ1) is 15.9. The molecule has 2 aromatic rings. The summed E-state index contributed by atoms with van der Waals surface area (Å²) in [6.07, 6.45) is 0. The lowest BCUT2D eigenvalue weighted by molar-refractivity contribution is -0.393. The molecule has 0 unspecified atom stereocenters. The summed E-state index contributed by atoms with van der Waals surface area (Å²) in [4.78, 5) is 31.3. The maximum atomic E-state index is 11.0. The Morgan fingerprint density at radius 3 is 2.22 bits per heavy atom. The van der Waals surface area contributed by atoms with E-state index >= 15 is 0 Å². The van der Waals surface area contributed by atoms with Gasteiger partial charge in [0, 0.05) is 18.2 Å². The van der Waals surface area contributed by atoms with Crippen molar-refractivity contribution in [2.45, 2.75) is 6.54 Å². The van der Waals surface area contributed by atoms with Gasteiger partial charge in [0.1, 0.15) is 5.69 Å². The average Bonchev–Trinajstić information content (AvgIpc) is 2.52. The van der Waals surface area contributed by atoms with E-state index in [1.165, 1.54) is 12.1 Å². The zero-order valence-electron chi connectivity index (χ0n) is 11.8. The van der Waals surface area contributed by atoms with Crippen LogP contribution < -0.4 is 11.1 Å². The predicted octanol–water partition coefficient (Wildman–Crippen LogP) is 2.21. The van der Waals surface area contributed by atoms with Gasteiger partial charge in [-0.15, -0.1) is 0 Å². The summed E-state index contributed by atoms with van der Waals surface area (Å²) in [7, 11) is 0. The van der Waals surface area contributed by atoms with E-state index in [0.29, 0.717) is 5.56 Å². The Bertz CT molecular complexity index is 773. The highest BCUT2D eigenvalue weighted by Crippen LogP contribution is 2.29. The van der Waals surface area contributed by atoms with Gasteiger partial charge in [-0.05, 0) is 23.8 Å². The summed E-state index contributed by atoms with van der Waals surface area (Å²) >= 11 is 0. The lowest BCUT2D eigenvalue weighted by Crippen LogP contribution is -2.11. The van der Waals surface area contributed by atoms with Gasteiger partial charge >= 0.3 is 0 Å². The van der Waals surface area contributed by atoms with Crippen LogP contribution in [0.5, 0.6) is 0 Å². The second kappa shape index (κ2) is 6.52. The molecule has 0 aromatic heterocycles. The number of nitro benzene ring substituents is 2. The normalized spacial score (nSPS) is 10.1. The number of anilines is 1. The molecule has 0 atom stereocenters. The van der Waals surface area contributed by atoms with Crippen LogP contribution >= 0.6 is 0 Å². The zero-order valence-corrected chi connectivity index (χ0v) is 11.8. The van der Waals surface area contributed by atoms with Crippen molar-refractivity contribution in [3.05, 3.63) is 73.8 Å². The highest BCUT2D eigenvalue weighted by Gasteiger charge is 2.19. The number of rotatable bonds is 6. The van der Waals surface area contributed by atoms with E-state index < -0.39 is 15.8 Å². The summed E-state index contributed by atoms with van der Waals surface area (Å²) in [6.45, 7) is 0.248. The maximum absolute atomic E-state index is 11.0. The van der Waals surface area contributed by atoms with Gasteiger partial charge in [0.25, 0.3) is 11.4 Å². The van der Waals surface area contributed by atoms with Gasteiger partial charge in [-0.25, -0.2) is 0 Å². The number of benzene rings is 2. The zero-order chi connectivity index (χ0) is 17.0. The van der Waals surface area contributed by atoms with Gasteiger partial charge in [-0.1, -0.05) is 12.1 Å². The van der Waals surface area contributed by atoms with Crippen LogP contribution in [0.15, 0.2) is 42.5 Å². The number of hydrogen-bond acceptors (Lipinski definition) is 6. The van der Waals surface area contributed by atoms with Crippen LogP contribution in [0.1, 0.15) is 15.9 Å². The van der Waals surface area contributed by atoms with Gasteiger partial charge < -0.3 is 11.1 Å². The summed E-state index contributed by atoms with van der Waals surface area (Å²) < 4.78 is 0. The molecule has 0 aliphatic heterocycles. The van der Waals surface area contributed by atoms with E-state index in [9.17, 15) is 25.0 Å². The van der Waals surface area contributed by atoms with Crippen molar-refractivity contribution in [2.75, 3.05) is 5.32 Å². The van der Waals surface area contributed by atoms with Crippen molar-refractivity contribution in [1.29, 1.82) is 0 Å². The fourth-order valence-corrected chi connectivity index (χ4v) is 1.92. The molecule has 0 bridgehead atoms. The molecule has 3 N–H and O–H groups in total. The first-order valence-electron chi connectivity index (χ1n) is 6.44. The summed E-state index contributed by atoms with van der Waals surface area (Å²) in [5.74, 6) is -0.546. The molecule has 1 amide bonds. The number of hydrogen-bond donors (Lipinski definition) is 2. The maximum Gasteiger partial charge on any atom is 0.299 e. The van der Waals surface area contributed by atoms with Crippen molar-refractivity contribution in [3.8, 4) is 0 Å². The van der Waals surface area contributed by atoms with E-state index in [1.54, 1.807) is 24.3 Å². The number of carbonyl (C=O) groups is 1. The number of carbonyl (C=O) groups excluding carboxylic acids is 1. The fourth-order valence-electron chi connectivity index (χ4n) is 1.92. The molecular formula is C14H12N4O5. The Balaban J connectivity index is 2.18. The smallest absolute Gasteiger partial charge is 0.299 e. The van der Waals surface area contributed by atoms with Crippen LogP contribution in [0.25, 0.3) is 0 Å². The number of nitrogens with one attached hydrogen (secondary N) is 1. The van der Waals surface area contributed by atoms with E-state index in [2.05, 4.69) is 5.32 Å². The molecular weight excluding hydrogens is 304 g/mol. The topological polar surface area (TPSA) is 141 Å². The third-order valence-electron chi connectivity index (χ3n) is 3.11. The molecule has 0 saturated carbocycles. The minimum atomic E-state index is -0.695. The quantitative estimate of drug-likeness (QED) is 0.618. The predicted molar refractivity (Wildman–Crippen MR) is 82.0 cm³/mol. The van der Waals surface area contributed by atoms with Crippen molar-refractivity contribution in [1.82, 2.24) is 0 Å². The molecule has 118 valence electrons. The fraction of sp³-hybridized carbons (Fsp3) is 0.0714. The van der Waals surface area contributed by atoms with Crippen molar-refractivity contribution in [3.63, 3.8) is 0 Å². The Morgan fingerprint density at radius 2 is 1.70 bits per heavy atom. The summed E-state index contributed by atoms with van der Waals surface area (Å²) in [6, 6.07) is 9.78. The second-order valence-corrected chi connectivity index (χ2v) is 4.63. The first-order chi connectivity index (χ1) is 10.9. The Hall–Kier alpha value is -3.49. The molecule has 2 aromatic carbocycles. The largest absolute Gasteiger partial charge is 0.375 e. The third-order valence-corrected chi connectivity index (χ3v) is 3.11. The molecule has 2 rings (SSSR count). The lowest BCUT2D eigenvalue weighted by Gasteiger charge is -2.07. The molecule has 0 aliphatic carbocycles. The number of nitrogens with zero attached hydrogens (tertiary/aromatic N) is 2. The molecule has 9 heteroatoms. The van der Waals surface area contributed by atoms with Crippen LogP contribution in [-0.2, 0) is 6.54 Å². The van der Waals surface area contributed by atoms with Gasteiger partial charge in [-0.2, -0.15) is 0 Å². The summed E-state index contributed by atoms with van der Waals surface area (Å²) in [5.41, 5.74) is 5.69. The molecule has 0 spiro atoms. The SMILES string of the molecule is NC(=O)c1ccc(CNc2ccc([N+](=O)[O-])cc2[N+](=O)[O-])cc1. The van der Waals surface area contributed by atoms with Crippen LogP contribution in [0.4, 0.5) is 17.1 Å². The van der Waals surface area contributed by atoms with Crippen molar-refractivity contribution >= 4 is 23.0 Å². The minimum absolute atomic E-state index is 0.166. The Labute approximate surface area is 130 Å². The number of primary amides is 1. The van der Waals surface area contributed by atoms with E-state index in [4.69, 9.17) is 5.73 Å². The number of non-ortho nitro benzene ring substituents is 1. The van der Waals surface area contributed by atoms with Gasteiger partial charge in [0.2, 0.25) is 5.91 Å². The van der Waals surface area contributed by atoms with Crippen LogP contribution in [-0.4, -0.2) is 15.8 Å². The molecule has 0 fully saturated rings. The molecule has 23 heavy (non-hydrogen) atoms. The highest BCUT2D eigenvalue weighted by molar-refractivity contribution is 5.92. The van der Waals surface area contributed by atoms with Crippen molar-refractivity contribution < 1.29 is 14.6 Å². The number of nitrogens with two attached hydrogens (primary N) is 1. The van der Waals surface area contributed by atoms with Gasteiger partial charge in [0.05, 0.1) is 15.9 Å². The van der Waals surface area contributed by atoms with Gasteiger partial charge in [-0.3, -0.25) is 25.0 Å². The number of nitro groups is 2. The van der Waals surface area contributed by atoms with E-state index in [-0.39, 0.29) is 23.6 Å². The number of amides is 1. The monoisotopic (exact) mass is 316 g/mol. The van der Waals surface area contributed by atoms with Crippen molar-refractivity contribution in [2.24, 2.45) is 5.73 Å². The lowest BCUT2D eigenvalue weighted by atomic mass is 10.1. The van der Waals surface area contributed by atoms with Crippen LogP contribution in [0.3, 0.4) is 0 Å². The van der Waals surface area contributed by atoms with Crippen LogP contribution in [0.2, 0.25) is 0 Å². The first-order valence-corrected chi connectivity index (χ1v) is 6.44. The molecule has 0 saturated heterocycles. The highest BCUT2D eigenvalue weighted by atomic mass is 16.6. The van der Waals surface area contributed by atoms with Crippen LogP contribution in [0, 0.1) is 20.2 Å². The Morgan fingerprint density at radius 1 is 1.04 bits per heavy atom. The molecule has 0 radical (unpaired) electrons. The summed E-state index contributed by atoms with van der Waals surface area (Å²) in [5, 5.41) is 24.5. The molecule has 0 aliphatic rings. The molecule has 0 heterocycles. The van der Waals surface area contributed by atoms with Gasteiger partial charge in [0.15, 0.2) is 0 Å². The minimum Gasteiger partial charge on any atom is -0.375 e. The van der Waals surface area contributed by atoms with E-state index in [0.717, 1.165) is 11.6 Å². The standard InChI is InChI=1S/C14H12N4O5/c15-14(19)10-3-1-9(2-4-10)8-16-12-6-5-11(17(20)21)7-13(12)18(22)23/h1-7,16H,8H2,(H2,15,19). The average molecular weight is 316 g/mol.